The molecule has 0 heterocycles. The molecular weight excluding hydrogens is 170 g/mol. The zero-order chi connectivity index (χ0) is 10.9. The average Bonchev–Trinajstić information content (AvgIpc) is 2.08. The lowest BCUT2D eigenvalue weighted by Gasteiger charge is -2.29. The minimum atomic E-state index is 0.220. The van der Waals surface area contributed by atoms with E-state index < -0.39 is 0 Å². The molecule has 1 aliphatic rings. The molecule has 0 radical (unpaired) electrons. The fourth-order valence-corrected chi connectivity index (χ4v) is 1.96. The molecule has 14 heavy (non-hydrogen) atoms. The normalized spacial score (nSPS) is 28.0. The van der Waals surface area contributed by atoms with E-state index in [1.807, 2.05) is 0 Å². The molecule has 0 aromatic carbocycles. The van der Waals surface area contributed by atoms with Crippen LogP contribution in [-0.4, -0.2) is 6.04 Å². The van der Waals surface area contributed by atoms with Crippen LogP contribution < -0.4 is 5.73 Å². The third-order valence-electron chi connectivity index (χ3n) is 3.07. The van der Waals surface area contributed by atoms with Crippen molar-refractivity contribution in [1.29, 1.82) is 0 Å². The third kappa shape index (κ3) is 2.27. The Balaban J connectivity index is 2.98. The summed E-state index contributed by atoms with van der Waals surface area (Å²) in [4.78, 5) is 0. The molecular formula is C13H23N. The van der Waals surface area contributed by atoms with Gasteiger partial charge in [-0.05, 0) is 23.3 Å². The van der Waals surface area contributed by atoms with E-state index >= 15 is 0 Å². The summed E-state index contributed by atoms with van der Waals surface area (Å²) >= 11 is 0. The molecule has 1 aliphatic carbocycles. The van der Waals surface area contributed by atoms with Crippen LogP contribution in [0.2, 0.25) is 0 Å². The van der Waals surface area contributed by atoms with Gasteiger partial charge in [-0.1, -0.05) is 52.3 Å². The zero-order valence-corrected chi connectivity index (χ0v) is 10.0. The molecule has 0 aromatic rings. The van der Waals surface area contributed by atoms with E-state index in [-0.39, 0.29) is 6.04 Å². The highest BCUT2D eigenvalue weighted by molar-refractivity contribution is 5.35. The Morgan fingerprint density at radius 3 is 2.14 bits per heavy atom. The summed E-state index contributed by atoms with van der Waals surface area (Å²) in [5, 5.41) is 0. The fourth-order valence-electron chi connectivity index (χ4n) is 1.96. The van der Waals surface area contributed by atoms with Gasteiger partial charge in [-0.3, -0.25) is 0 Å². The molecule has 1 rings (SSSR count). The average molecular weight is 193 g/mol. The second-order valence-electron chi connectivity index (χ2n) is 5.01. The summed E-state index contributed by atoms with van der Waals surface area (Å²) in [6.45, 7) is 11.1. The van der Waals surface area contributed by atoms with E-state index in [0.29, 0.717) is 17.8 Å². The first-order valence-electron chi connectivity index (χ1n) is 5.62. The molecule has 0 fully saturated rings. The summed E-state index contributed by atoms with van der Waals surface area (Å²) in [6.07, 6.45) is 4.63. The maximum atomic E-state index is 6.17. The van der Waals surface area contributed by atoms with E-state index in [1.54, 1.807) is 0 Å². The summed E-state index contributed by atoms with van der Waals surface area (Å²) in [6, 6.07) is 0.220. The highest BCUT2D eigenvalue weighted by Gasteiger charge is 2.23. The van der Waals surface area contributed by atoms with Gasteiger partial charge >= 0.3 is 0 Å². The maximum absolute atomic E-state index is 6.17. The van der Waals surface area contributed by atoms with Crippen molar-refractivity contribution < 1.29 is 0 Å². The highest BCUT2D eigenvalue weighted by Crippen LogP contribution is 2.29. The number of rotatable bonds is 2. The Morgan fingerprint density at radius 2 is 1.71 bits per heavy atom. The Bertz CT molecular complexity index is 258. The molecule has 0 saturated carbocycles. The molecule has 2 N–H and O–H groups in total. The summed E-state index contributed by atoms with van der Waals surface area (Å²) in [7, 11) is 0. The van der Waals surface area contributed by atoms with Gasteiger partial charge in [0.1, 0.15) is 0 Å². The monoisotopic (exact) mass is 193 g/mol. The Kier molecular flexibility index (Phi) is 3.54. The van der Waals surface area contributed by atoms with Crippen LogP contribution in [0.3, 0.4) is 0 Å². The van der Waals surface area contributed by atoms with Crippen molar-refractivity contribution in [2.24, 2.45) is 23.5 Å². The predicted octanol–water partition coefficient (Wildman–Crippen LogP) is 3.13. The summed E-state index contributed by atoms with van der Waals surface area (Å²) < 4.78 is 0. The van der Waals surface area contributed by atoms with Gasteiger partial charge in [0.05, 0.1) is 0 Å². The topological polar surface area (TPSA) is 26.0 Å². The number of hydrogen-bond donors (Lipinski definition) is 1. The van der Waals surface area contributed by atoms with Crippen molar-refractivity contribution >= 4 is 0 Å². The quantitative estimate of drug-likeness (QED) is 0.716. The van der Waals surface area contributed by atoms with Crippen LogP contribution in [0, 0.1) is 17.8 Å². The number of allylic oxidation sites excluding steroid dienone is 2. The fraction of sp³-hybridized carbons (Fsp3) is 0.692. The van der Waals surface area contributed by atoms with Crippen LogP contribution >= 0.6 is 0 Å². The molecule has 0 aliphatic heterocycles. The standard InChI is InChI=1S/C13H23N/c1-8(2)11-6-10(5)13(14)12(7-11)9(3)4/h6-10,13H,14H2,1-5H3. The lowest BCUT2D eigenvalue weighted by molar-refractivity contribution is 0.528. The van der Waals surface area contributed by atoms with Gasteiger partial charge < -0.3 is 5.73 Å². The number of hydrogen-bond acceptors (Lipinski definition) is 1. The molecule has 0 amide bonds. The van der Waals surface area contributed by atoms with Gasteiger partial charge in [-0.25, -0.2) is 0 Å². The van der Waals surface area contributed by atoms with Gasteiger partial charge in [0.15, 0.2) is 0 Å². The lowest BCUT2D eigenvalue weighted by Crippen LogP contribution is -2.34. The highest BCUT2D eigenvalue weighted by atomic mass is 14.7. The Labute approximate surface area is 88.1 Å². The van der Waals surface area contributed by atoms with Crippen LogP contribution in [0.25, 0.3) is 0 Å². The first kappa shape index (κ1) is 11.5. The second kappa shape index (κ2) is 4.31. The molecule has 2 atom stereocenters. The maximum Gasteiger partial charge on any atom is 0.0320 e. The molecule has 1 nitrogen and oxygen atoms in total. The molecule has 80 valence electrons. The molecule has 0 bridgehead atoms. The van der Waals surface area contributed by atoms with Crippen LogP contribution in [0.15, 0.2) is 23.3 Å². The predicted molar refractivity (Wildman–Crippen MR) is 63.0 cm³/mol. The van der Waals surface area contributed by atoms with E-state index in [4.69, 9.17) is 5.73 Å². The van der Waals surface area contributed by atoms with E-state index in [2.05, 4.69) is 46.8 Å². The van der Waals surface area contributed by atoms with E-state index in [0.717, 1.165) is 0 Å². The van der Waals surface area contributed by atoms with Crippen molar-refractivity contribution in [3.63, 3.8) is 0 Å². The van der Waals surface area contributed by atoms with Gasteiger partial charge in [0, 0.05) is 6.04 Å². The Hall–Kier alpha value is -0.560. The van der Waals surface area contributed by atoms with Crippen molar-refractivity contribution in [2.45, 2.75) is 40.7 Å². The third-order valence-corrected chi connectivity index (χ3v) is 3.07. The van der Waals surface area contributed by atoms with Crippen molar-refractivity contribution in [3.8, 4) is 0 Å². The first-order chi connectivity index (χ1) is 6.43. The van der Waals surface area contributed by atoms with Crippen molar-refractivity contribution in [3.05, 3.63) is 23.3 Å². The van der Waals surface area contributed by atoms with E-state index in [9.17, 15) is 0 Å². The molecule has 0 spiro atoms. The van der Waals surface area contributed by atoms with Gasteiger partial charge in [0.2, 0.25) is 0 Å². The van der Waals surface area contributed by atoms with Gasteiger partial charge in [0.25, 0.3) is 0 Å². The first-order valence-corrected chi connectivity index (χ1v) is 5.62. The Morgan fingerprint density at radius 1 is 1.14 bits per heavy atom. The van der Waals surface area contributed by atoms with Crippen molar-refractivity contribution in [2.75, 3.05) is 0 Å². The van der Waals surface area contributed by atoms with Gasteiger partial charge in [-0.15, -0.1) is 0 Å². The summed E-state index contributed by atoms with van der Waals surface area (Å²) in [5.74, 6) is 1.66. The zero-order valence-electron chi connectivity index (χ0n) is 10.0. The van der Waals surface area contributed by atoms with E-state index in [1.165, 1.54) is 11.1 Å². The van der Waals surface area contributed by atoms with Gasteiger partial charge in [-0.2, -0.15) is 0 Å². The minimum absolute atomic E-state index is 0.220. The largest absolute Gasteiger partial charge is 0.324 e. The molecule has 0 saturated heterocycles. The molecule has 0 aromatic heterocycles. The lowest BCUT2D eigenvalue weighted by atomic mass is 9.80. The van der Waals surface area contributed by atoms with Crippen molar-refractivity contribution in [1.82, 2.24) is 0 Å². The smallest absolute Gasteiger partial charge is 0.0320 e. The summed E-state index contributed by atoms with van der Waals surface area (Å²) in [5.41, 5.74) is 9.03. The van der Waals surface area contributed by atoms with Crippen LogP contribution in [-0.2, 0) is 0 Å². The SMILES string of the molecule is CC(C)C1=CC(C)C(N)C(C(C)C)=C1. The van der Waals surface area contributed by atoms with Crippen LogP contribution in [0.5, 0.6) is 0 Å². The number of nitrogens with two attached hydrogens (primary N) is 1. The van der Waals surface area contributed by atoms with Crippen LogP contribution in [0.4, 0.5) is 0 Å². The minimum Gasteiger partial charge on any atom is -0.324 e. The molecule has 2 unspecified atom stereocenters. The molecule has 1 heteroatoms. The second-order valence-corrected chi connectivity index (χ2v) is 5.01. The van der Waals surface area contributed by atoms with Crippen LogP contribution in [0.1, 0.15) is 34.6 Å².